The average Bonchev–Trinajstić information content (AvgIpc) is 2.18. The molecule has 0 saturated heterocycles. The molecule has 0 saturated carbocycles. The molecular weight excluding hydrogens is 194 g/mol. The van der Waals surface area contributed by atoms with Crippen LogP contribution < -0.4 is 4.74 Å². The molecular formula is C11H14NO3. The summed E-state index contributed by atoms with van der Waals surface area (Å²) in [4.78, 5) is 10.4. The highest BCUT2D eigenvalue weighted by atomic mass is 16.6. The Kier molecular flexibility index (Phi) is 3.66. The van der Waals surface area contributed by atoms with Gasteiger partial charge in [-0.3, -0.25) is 10.1 Å². The van der Waals surface area contributed by atoms with Crippen LogP contribution >= 0.6 is 0 Å². The highest BCUT2D eigenvalue weighted by Crippen LogP contribution is 2.30. The highest BCUT2D eigenvalue weighted by molar-refractivity contribution is 5.51. The summed E-state index contributed by atoms with van der Waals surface area (Å²) in [5, 5.41) is 10.8. The minimum atomic E-state index is -0.419. The van der Waals surface area contributed by atoms with Crippen LogP contribution in [0.1, 0.15) is 26.3 Å². The van der Waals surface area contributed by atoms with Gasteiger partial charge in [-0.05, 0) is 24.5 Å². The zero-order valence-corrected chi connectivity index (χ0v) is 9.11. The first-order valence-electron chi connectivity index (χ1n) is 4.78. The van der Waals surface area contributed by atoms with E-state index in [-0.39, 0.29) is 5.69 Å². The molecule has 15 heavy (non-hydrogen) atoms. The Morgan fingerprint density at radius 3 is 2.60 bits per heavy atom. The van der Waals surface area contributed by atoms with E-state index < -0.39 is 4.92 Å². The van der Waals surface area contributed by atoms with E-state index in [1.807, 2.05) is 19.9 Å². The van der Waals surface area contributed by atoms with Crippen molar-refractivity contribution in [2.75, 3.05) is 6.61 Å². The molecule has 0 aliphatic rings. The van der Waals surface area contributed by atoms with E-state index in [0.717, 1.165) is 11.5 Å². The number of hydrogen-bond acceptors (Lipinski definition) is 3. The van der Waals surface area contributed by atoms with Crippen LogP contribution in [0.3, 0.4) is 0 Å². The number of nitro groups is 1. The second-order valence-corrected chi connectivity index (χ2v) is 3.37. The van der Waals surface area contributed by atoms with Crippen molar-refractivity contribution < 1.29 is 9.66 Å². The van der Waals surface area contributed by atoms with Crippen molar-refractivity contribution in [1.29, 1.82) is 0 Å². The first-order chi connectivity index (χ1) is 7.06. The molecule has 1 radical (unpaired) electrons. The molecule has 4 heteroatoms. The number of benzene rings is 1. The summed E-state index contributed by atoms with van der Waals surface area (Å²) in [5.74, 6) is 1.37. The Morgan fingerprint density at radius 2 is 2.13 bits per heavy atom. The van der Waals surface area contributed by atoms with Gasteiger partial charge < -0.3 is 4.74 Å². The van der Waals surface area contributed by atoms with Crippen LogP contribution in [0.2, 0.25) is 0 Å². The third kappa shape index (κ3) is 2.68. The Hall–Kier alpha value is -1.58. The Morgan fingerprint density at radius 1 is 1.47 bits per heavy atom. The largest absolute Gasteiger partial charge is 0.487 e. The van der Waals surface area contributed by atoms with Crippen LogP contribution in [-0.4, -0.2) is 11.5 Å². The molecule has 0 heterocycles. The SMILES string of the molecule is CCOc1ccc([C](C)C)cc1[N+](=O)[O-]. The van der Waals surface area contributed by atoms with E-state index in [1.165, 1.54) is 0 Å². The van der Waals surface area contributed by atoms with Gasteiger partial charge in [-0.25, -0.2) is 0 Å². The second-order valence-electron chi connectivity index (χ2n) is 3.37. The van der Waals surface area contributed by atoms with Crippen LogP contribution in [0.15, 0.2) is 18.2 Å². The van der Waals surface area contributed by atoms with E-state index in [0.29, 0.717) is 12.4 Å². The van der Waals surface area contributed by atoms with E-state index in [1.54, 1.807) is 19.1 Å². The minimum absolute atomic E-state index is 0.0237. The molecule has 0 aromatic heterocycles. The Balaban J connectivity index is 3.14. The van der Waals surface area contributed by atoms with Crippen LogP contribution in [0.25, 0.3) is 0 Å². The first kappa shape index (κ1) is 11.5. The third-order valence-corrected chi connectivity index (χ3v) is 2.03. The van der Waals surface area contributed by atoms with Gasteiger partial charge in [-0.15, -0.1) is 0 Å². The van der Waals surface area contributed by atoms with Gasteiger partial charge in [-0.1, -0.05) is 19.9 Å². The van der Waals surface area contributed by atoms with Crippen molar-refractivity contribution in [3.8, 4) is 5.75 Å². The first-order valence-corrected chi connectivity index (χ1v) is 4.78. The lowest BCUT2D eigenvalue weighted by Crippen LogP contribution is -1.99. The fourth-order valence-electron chi connectivity index (χ4n) is 1.25. The standard InChI is InChI=1S/C11H14NO3/c1-4-15-11-6-5-9(8(2)3)7-10(11)12(13)14/h5-7H,4H2,1-3H3. The lowest BCUT2D eigenvalue weighted by atomic mass is 10.0. The van der Waals surface area contributed by atoms with E-state index in [9.17, 15) is 10.1 Å². The minimum Gasteiger partial charge on any atom is -0.487 e. The summed E-state index contributed by atoms with van der Waals surface area (Å²) >= 11 is 0. The molecule has 0 aliphatic heterocycles. The molecule has 0 amide bonds. The summed E-state index contributed by atoms with van der Waals surface area (Å²) in [7, 11) is 0. The van der Waals surface area contributed by atoms with Gasteiger partial charge in [0.15, 0.2) is 5.75 Å². The summed E-state index contributed by atoms with van der Waals surface area (Å²) < 4.78 is 5.18. The molecule has 0 unspecified atom stereocenters. The lowest BCUT2D eigenvalue weighted by molar-refractivity contribution is -0.385. The normalized spacial score (nSPS) is 10.4. The molecule has 4 nitrogen and oxygen atoms in total. The summed E-state index contributed by atoms with van der Waals surface area (Å²) in [6, 6.07) is 5.01. The number of nitrogens with zero attached hydrogens (tertiary/aromatic N) is 1. The number of nitro benzene ring substituents is 1. The van der Waals surface area contributed by atoms with Crippen LogP contribution in [0.4, 0.5) is 5.69 Å². The smallest absolute Gasteiger partial charge is 0.311 e. The fraction of sp³-hybridized carbons (Fsp3) is 0.364. The topological polar surface area (TPSA) is 52.4 Å². The molecule has 1 aromatic rings. The highest BCUT2D eigenvalue weighted by Gasteiger charge is 2.16. The van der Waals surface area contributed by atoms with Crippen molar-refractivity contribution in [3.05, 3.63) is 39.8 Å². The molecule has 0 bridgehead atoms. The van der Waals surface area contributed by atoms with Gasteiger partial charge >= 0.3 is 5.69 Å². The predicted molar refractivity (Wildman–Crippen MR) is 58.0 cm³/mol. The van der Waals surface area contributed by atoms with Crippen molar-refractivity contribution >= 4 is 5.69 Å². The van der Waals surface area contributed by atoms with Gasteiger partial charge in [0, 0.05) is 6.07 Å². The summed E-state index contributed by atoms with van der Waals surface area (Å²) in [5.41, 5.74) is 0.890. The molecule has 0 fully saturated rings. The Bertz CT molecular complexity index is 361. The quantitative estimate of drug-likeness (QED) is 0.564. The van der Waals surface area contributed by atoms with Gasteiger partial charge in [0.1, 0.15) is 0 Å². The van der Waals surface area contributed by atoms with E-state index in [2.05, 4.69) is 0 Å². The third-order valence-electron chi connectivity index (χ3n) is 2.03. The van der Waals surface area contributed by atoms with Crippen molar-refractivity contribution in [1.82, 2.24) is 0 Å². The maximum atomic E-state index is 10.8. The Labute approximate surface area is 89.0 Å². The van der Waals surface area contributed by atoms with Crippen molar-refractivity contribution in [2.45, 2.75) is 20.8 Å². The van der Waals surface area contributed by atoms with Crippen molar-refractivity contribution in [2.24, 2.45) is 0 Å². The van der Waals surface area contributed by atoms with E-state index >= 15 is 0 Å². The molecule has 0 N–H and O–H groups in total. The average molecular weight is 208 g/mol. The molecule has 1 aromatic carbocycles. The summed E-state index contributed by atoms with van der Waals surface area (Å²) in [6.45, 7) is 6.06. The monoisotopic (exact) mass is 208 g/mol. The van der Waals surface area contributed by atoms with Gasteiger partial charge in [0.2, 0.25) is 0 Å². The molecule has 0 spiro atoms. The van der Waals surface area contributed by atoms with Gasteiger partial charge in [0.25, 0.3) is 0 Å². The number of ether oxygens (including phenoxy) is 1. The number of hydrogen-bond donors (Lipinski definition) is 0. The van der Waals surface area contributed by atoms with Crippen LogP contribution in [0.5, 0.6) is 5.75 Å². The zero-order chi connectivity index (χ0) is 11.4. The van der Waals surface area contributed by atoms with E-state index in [4.69, 9.17) is 4.74 Å². The molecule has 0 aliphatic carbocycles. The van der Waals surface area contributed by atoms with Crippen LogP contribution in [0, 0.1) is 16.0 Å². The maximum Gasteiger partial charge on any atom is 0.311 e. The number of rotatable bonds is 4. The zero-order valence-electron chi connectivity index (χ0n) is 9.11. The van der Waals surface area contributed by atoms with Gasteiger partial charge in [0.05, 0.1) is 11.5 Å². The molecule has 1 rings (SSSR count). The molecule has 0 atom stereocenters. The second kappa shape index (κ2) is 4.77. The maximum absolute atomic E-state index is 10.8. The predicted octanol–water partition coefficient (Wildman–Crippen LogP) is 2.96. The fourth-order valence-corrected chi connectivity index (χ4v) is 1.25. The molecule has 81 valence electrons. The summed E-state index contributed by atoms with van der Waals surface area (Å²) in [6.07, 6.45) is 0. The van der Waals surface area contributed by atoms with Crippen molar-refractivity contribution in [3.63, 3.8) is 0 Å². The van der Waals surface area contributed by atoms with Gasteiger partial charge in [-0.2, -0.15) is 0 Å². The lowest BCUT2D eigenvalue weighted by Gasteiger charge is -2.08. The van der Waals surface area contributed by atoms with Crippen LogP contribution in [-0.2, 0) is 0 Å².